The monoisotopic (exact) mass is 284 g/mol. The van der Waals surface area contributed by atoms with E-state index in [1.165, 1.54) is 0 Å². The topological polar surface area (TPSA) is 55.8 Å². The summed E-state index contributed by atoms with van der Waals surface area (Å²) >= 11 is 0. The van der Waals surface area contributed by atoms with Gasteiger partial charge in [0.15, 0.2) is 0 Å². The molecule has 0 saturated heterocycles. The Hall–Kier alpha value is -2.49. The Morgan fingerprint density at radius 2 is 2.10 bits per heavy atom. The molecule has 21 heavy (non-hydrogen) atoms. The van der Waals surface area contributed by atoms with Gasteiger partial charge >= 0.3 is 5.97 Å². The van der Waals surface area contributed by atoms with Crippen LogP contribution >= 0.6 is 0 Å². The largest absolute Gasteiger partial charge is 0.493 e. The highest BCUT2D eigenvalue weighted by Gasteiger charge is 2.25. The first-order chi connectivity index (χ1) is 10.2. The van der Waals surface area contributed by atoms with Crippen molar-refractivity contribution in [1.82, 2.24) is 0 Å². The Morgan fingerprint density at radius 1 is 1.29 bits per heavy atom. The predicted molar refractivity (Wildman–Crippen MR) is 78.3 cm³/mol. The van der Waals surface area contributed by atoms with E-state index in [0.29, 0.717) is 19.0 Å². The molecular weight excluding hydrogens is 268 g/mol. The number of ether oxygens (including phenoxy) is 2. The fourth-order valence-electron chi connectivity index (χ4n) is 2.56. The maximum Gasteiger partial charge on any atom is 0.339 e. The molecule has 3 rings (SSSR count). The summed E-state index contributed by atoms with van der Waals surface area (Å²) in [5.41, 5.74) is 2.13. The maximum atomic E-state index is 11.3. The number of para-hydroxylation sites is 2. The molecule has 0 bridgehead atoms. The Bertz CT molecular complexity index is 678. The molecule has 2 aromatic carbocycles. The summed E-state index contributed by atoms with van der Waals surface area (Å²) in [6.07, 6.45) is 0. The van der Waals surface area contributed by atoms with Crippen molar-refractivity contribution in [1.29, 1.82) is 0 Å². The van der Waals surface area contributed by atoms with Crippen molar-refractivity contribution >= 4 is 5.97 Å². The fraction of sp³-hybridized carbons (Fsp3) is 0.235. The third-order valence-corrected chi connectivity index (χ3v) is 3.67. The summed E-state index contributed by atoms with van der Waals surface area (Å²) in [4.78, 5) is 11.3. The van der Waals surface area contributed by atoms with Crippen LogP contribution in [0.3, 0.4) is 0 Å². The number of hydrogen-bond donors (Lipinski definition) is 1. The molecule has 0 amide bonds. The van der Waals surface area contributed by atoms with Gasteiger partial charge in [0, 0.05) is 5.56 Å². The molecule has 0 aliphatic carbocycles. The van der Waals surface area contributed by atoms with Crippen molar-refractivity contribution in [3.8, 4) is 11.5 Å². The highest BCUT2D eigenvalue weighted by Crippen LogP contribution is 2.34. The maximum absolute atomic E-state index is 11.3. The number of benzene rings is 2. The van der Waals surface area contributed by atoms with Crippen LogP contribution in [0.5, 0.6) is 11.5 Å². The van der Waals surface area contributed by atoms with Gasteiger partial charge in [-0.3, -0.25) is 0 Å². The third-order valence-electron chi connectivity index (χ3n) is 3.67. The van der Waals surface area contributed by atoms with Gasteiger partial charge < -0.3 is 14.6 Å². The molecule has 1 N–H and O–H groups in total. The number of aryl methyl sites for hydroxylation is 1. The van der Waals surface area contributed by atoms with Crippen LogP contribution in [0.4, 0.5) is 0 Å². The molecule has 0 radical (unpaired) electrons. The number of fused-ring (bicyclic) bond motifs is 1. The second-order valence-corrected chi connectivity index (χ2v) is 5.11. The summed E-state index contributed by atoms with van der Waals surface area (Å²) in [6, 6.07) is 13.0. The minimum absolute atomic E-state index is 0.127. The van der Waals surface area contributed by atoms with Gasteiger partial charge in [0.05, 0.1) is 19.1 Å². The SMILES string of the molecule is Cc1cccc(C(=O)O)c1OCC1COc2ccccc21. The zero-order valence-corrected chi connectivity index (χ0v) is 11.7. The second kappa shape index (κ2) is 5.48. The van der Waals surface area contributed by atoms with Gasteiger partial charge in [0.2, 0.25) is 0 Å². The molecule has 4 nitrogen and oxygen atoms in total. The van der Waals surface area contributed by atoms with Gasteiger partial charge in [-0.1, -0.05) is 30.3 Å². The molecule has 1 aliphatic rings. The van der Waals surface area contributed by atoms with Crippen LogP contribution < -0.4 is 9.47 Å². The van der Waals surface area contributed by atoms with E-state index in [1.807, 2.05) is 37.3 Å². The van der Waals surface area contributed by atoms with Crippen molar-refractivity contribution in [2.75, 3.05) is 13.2 Å². The Kier molecular flexibility index (Phi) is 3.52. The van der Waals surface area contributed by atoms with Crippen molar-refractivity contribution in [3.05, 3.63) is 59.2 Å². The van der Waals surface area contributed by atoms with Crippen molar-refractivity contribution in [2.24, 2.45) is 0 Å². The van der Waals surface area contributed by atoms with E-state index in [9.17, 15) is 9.90 Å². The smallest absolute Gasteiger partial charge is 0.339 e. The highest BCUT2D eigenvalue weighted by molar-refractivity contribution is 5.91. The van der Waals surface area contributed by atoms with Crippen molar-refractivity contribution in [3.63, 3.8) is 0 Å². The van der Waals surface area contributed by atoms with Crippen LogP contribution in [0.15, 0.2) is 42.5 Å². The van der Waals surface area contributed by atoms with Crippen LogP contribution in [-0.4, -0.2) is 24.3 Å². The molecule has 0 spiro atoms. The van der Waals surface area contributed by atoms with E-state index in [2.05, 4.69) is 0 Å². The minimum atomic E-state index is -0.975. The van der Waals surface area contributed by atoms with Crippen LogP contribution in [0, 0.1) is 6.92 Å². The standard InChI is InChI=1S/C17H16O4/c1-11-5-4-7-14(17(18)19)16(11)21-10-12-9-20-15-8-3-2-6-13(12)15/h2-8,12H,9-10H2,1H3,(H,18,19). The van der Waals surface area contributed by atoms with Gasteiger partial charge in [-0.15, -0.1) is 0 Å². The number of hydrogen-bond acceptors (Lipinski definition) is 3. The summed E-state index contributed by atoms with van der Waals surface area (Å²) < 4.78 is 11.4. The average Bonchev–Trinajstić information content (AvgIpc) is 2.89. The Balaban J connectivity index is 1.79. The van der Waals surface area contributed by atoms with E-state index in [-0.39, 0.29) is 11.5 Å². The highest BCUT2D eigenvalue weighted by atomic mass is 16.5. The molecule has 1 atom stereocenters. The first kappa shape index (κ1) is 13.5. The number of carboxylic acid groups (broad SMARTS) is 1. The van der Waals surface area contributed by atoms with Gasteiger partial charge in [-0.05, 0) is 24.6 Å². The third kappa shape index (κ3) is 2.57. The zero-order valence-electron chi connectivity index (χ0n) is 11.7. The lowest BCUT2D eigenvalue weighted by Crippen LogP contribution is -2.14. The van der Waals surface area contributed by atoms with Crippen LogP contribution in [0.25, 0.3) is 0 Å². The fourth-order valence-corrected chi connectivity index (χ4v) is 2.56. The lowest BCUT2D eigenvalue weighted by molar-refractivity contribution is 0.0691. The van der Waals surface area contributed by atoms with E-state index in [1.54, 1.807) is 12.1 Å². The molecule has 2 aromatic rings. The molecule has 0 fully saturated rings. The van der Waals surface area contributed by atoms with E-state index in [4.69, 9.17) is 9.47 Å². The van der Waals surface area contributed by atoms with Gasteiger partial charge in [0.25, 0.3) is 0 Å². The number of carboxylic acids is 1. The van der Waals surface area contributed by atoms with Gasteiger partial charge in [0.1, 0.15) is 17.1 Å². The predicted octanol–water partition coefficient (Wildman–Crippen LogP) is 3.25. The molecule has 1 heterocycles. The Labute approximate surface area is 122 Å². The zero-order chi connectivity index (χ0) is 14.8. The lowest BCUT2D eigenvalue weighted by atomic mass is 10.0. The molecule has 0 saturated carbocycles. The molecule has 0 aromatic heterocycles. The second-order valence-electron chi connectivity index (χ2n) is 5.11. The first-order valence-corrected chi connectivity index (χ1v) is 6.84. The van der Waals surface area contributed by atoms with E-state index >= 15 is 0 Å². The lowest BCUT2D eigenvalue weighted by Gasteiger charge is -2.15. The van der Waals surface area contributed by atoms with Crippen molar-refractivity contribution in [2.45, 2.75) is 12.8 Å². The Morgan fingerprint density at radius 3 is 2.90 bits per heavy atom. The van der Waals surface area contributed by atoms with E-state index < -0.39 is 5.97 Å². The van der Waals surface area contributed by atoms with Crippen molar-refractivity contribution < 1.29 is 19.4 Å². The molecule has 1 aliphatic heterocycles. The summed E-state index contributed by atoms with van der Waals surface area (Å²) in [5.74, 6) is 0.475. The summed E-state index contributed by atoms with van der Waals surface area (Å²) in [5, 5.41) is 9.24. The van der Waals surface area contributed by atoms with Crippen LogP contribution in [-0.2, 0) is 0 Å². The molecular formula is C17H16O4. The average molecular weight is 284 g/mol. The van der Waals surface area contributed by atoms with Crippen LogP contribution in [0.2, 0.25) is 0 Å². The number of aromatic carboxylic acids is 1. The number of carbonyl (C=O) groups is 1. The molecule has 1 unspecified atom stereocenters. The number of rotatable bonds is 4. The molecule has 108 valence electrons. The summed E-state index contributed by atoms with van der Waals surface area (Å²) in [6.45, 7) is 2.82. The molecule has 4 heteroatoms. The van der Waals surface area contributed by atoms with E-state index in [0.717, 1.165) is 16.9 Å². The van der Waals surface area contributed by atoms with Gasteiger partial charge in [-0.2, -0.15) is 0 Å². The minimum Gasteiger partial charge on any atom is -0.493 e. The summed E-state index contributed by atoms with van der Waals surface area (Å²) in [7, 11) is 0. The van der Waals surface area contributed by atoms with Crippen LogP contribution in [0.1, 0.15) is 27.4 Å². The normalized spacial score (nSPS) is 16.1. The first-order valence-electron chi connectivity index (χ1n) is 6.84. The van der Waals surface area contributed by atoms with Gasteiger partial charge in [-0.25, -0.2) is 4.79 Å². The quantitative estimate of drug-likeness (QED) is 0.936.